The number of rotatable bonds is 3. The number of benzene rings is 1. The number of nitrogens with two attached hydrogens (primary N) is 1. The molecule has 0 saturated heterocycles. The minimum atomic E-state index is -0.557. The lowest BCUT2D eigenvalue weighted by Crippen LogP contribution is -2.30. The van der Waals surface area contributed by atoms with Gasteiger partial charge in [-0.15, -0.1) is 0 Å². The maximum atomic E-state index is 13.0. The largest absolute Gasteiger partial charge is 0.271 e. The third-order valence-electron chi connectivity index (χ3n) is 3.02. The van der Waals surface area contributed by atoms with E-state index in [-0.39, 0.29) is 6.04 Å². The fourth-order valence-corrected chi connectivity index (χ4v) is 2.04. The summed E-state index contributed by atoms with van der Waals surface area (Å²) in [5, 5.41) is 0. The first-order chi connectivity index (χ1) is 7.11. The molecule has 1 fully saturated rings. The van der Waals surface area contributed by atoms with Crippen molar-refractivity contribution in [1.29, 1.82) is 0 Å². The van der Waals surface area contributed by atoms with Crippen molar-refractivity contribution in [3.8, 4) is 0 Å². The lowest BCUT2D eigenvalue weighted by Gasteiger charge is -2.16. The van der Waals surface area contributed by atoms with Crippen LogP contribution in [0.2, 0.25) is 0 Å². The van der Waals surface area contributed by atoms with Gasteiger partial charge in [-0.1, -0.05) is 6.92 Å². The smallest absolute Gasteiger partial charge is 0.126 e. The van der Waals surface area contributed by atoms with Crippen molar-refractivity contribution in [3.63, 3.8) is 0 Å². The molecule has 1 aliphatic rings. The fraction of sp³-hybridized carbons (Fsp3) is 0.455. The van der Waals surface area contributed by atoms with Crippen molar-refractivity contribution in [2.75, 3.05) is 0 Å². The van der Waals surface area contributed by atoms with E-state index in [1.54, 1.807) is 0 Å². The summed E-state index contributed by atoms with van der Waals surface area (Å²) >= 11 is 0. The summed E-state index contributed by atoms with van der Waals surface area (Å²) in [5.41, 5.74) is 3.22. The zero-order valence-corrected chi connectivity index (χ0v) is 8.50. The fourth-order valence-electron chi connectivity index (χ4n) is 2.04. The van der Waals surface area contributed by atoms with E-state index in [9.17, 15) is 8.78 Å². The lowest BCUT2D eigenvalue weighted by atomic mass is 10.0. The molecule has 0 bridgehead atoms. The molecule has 3 N–H and O–H groups in total. The molecule has 1 aromatic carbocycles. The van der Waals surface area contributed by atoms with Gasteiger partial charge in [-0.3, -0.25) is 11.3 Å². The summed E-state index contributed by atoms with van der Waals surface area (Å²) in [6, 6.07) is 3.38. The highest BCUT2D eigenvalue weighted by atomic mass is 19.1. The van der Waals surface area contributed by atoms with Gasteiger partial charge in [0.25, 0.3) is 0 Å². The van der Waals surface area contributed by atoms with Crippen LogP contribution < -0.4 is 11.3 Å². The van der Waals surface area contributed by atoms with Gasteiger partial charge in [0.15, 0.2) is 0 Å². The topological polar surface area (TPSA) is 38.0 Å². The molecule has 0 heterocycles. The molecule has 1 saturated carbocycles. The van der Waals surface area contributed by atoms with Gasteiger partial charge in [0.2, 0.25) is 0 Å². The standard InChI is InChI=1S/C11H14F2N2/c1-6-2-10(6)11(15-14)7-3-8(12)5-9(13)4-7/h3-6,10-11,15H,2,14H2,1H3. The van der Waals surface area contributed by atoms with Gasteiger partial charge in [-0.2, -0.15) is 0 Å². The quantitative estimate of drug-likeness (QED) is 0.595. The summed E-state index contributed by atoms with van der Waals surface area (Å²) < 4.78 is 26.0. The Bertz CT molecular complexity index is 347. The normalized spacial score (nSPS) is 26.4. The second-order valence-corrected chi connectivity index (χ2v) is 4.22. The maximum absolute atomic E-state index is 13.0. The van der Waals surface area contributed by atoms with Crippen molar-refractivity contribution in [2.45, 2.75) is 19.4 Å². The highest BCUT2D eigenvalue weighted by Gasteiger charge is 2.39. The molecule has 15 heavy (non-hydrogen) atoms. The number of hydrogen-bond acceptors (Lipinski definition) is 2. The van der Waals surface area contributed by atoms with Gasteiger partial charge in [-0.25, -0.2) is 8.78 Å². The summed E-state index contributed by atoms with van der Waals surface area (Å²) in [5.74, 6) is 5.25. The van der Waals surface area contributed by atoms with Crippen LogP contribution in [-0.2, 0) is 0 Å². The van der Waals surface area contributed by atoms with Crippen LogP contribution in [0, 0.1) is 23.5 Å². The molecular formula is C11H14F2N2. The van der Waals surface area contributed by atoms with E-state index in [0.717, 1.165) is 12.5 Å². The molecule has 0 aliphatic heterocycles. The molecule has 0 spiro atoms. The predicted molar refractivity (Wildman–Crippen MR) is 53.7 cm³/mol. The number of hydrogen-bond donors (Lipinski definition) is 2. The van der Waals surface area contributed by atoms with E-state index in [1.807, 2.05) is 0 Å². The Morgan fingerprint density at radius 1 is 1.33 bits per heavy atom. The maximum Gasteiger partial charge on any atom is 0.126 e. The number of nitrogens with one attached hydrogen (secondary N) is 1. The zero-order chi connectivity index (χ0) is 11.0. The van der Waals surface area contributed by atoms with Crippen molar-refractivity contribution >= 4 is 0 Å². The van der Waals surface area contributed by atoms with Crippen LogP contribution in [0.15, 0.2) is 18.2 Å². The van der Waals surface area contributed by atoms with Gasteiger partial charge < -0.3 is 0 Å². The molecule has 4 heteroatoms. The Morgan fingerprint density at radius 3 is 2.27 bits per heavy atom. The molecule has 3 unspecified atom stereocenters. The second kappa shape index (κ2) is 3.87. The monoisotopic (exact) mass is 212 g/mol. The van der Waals surface area contributed by atoms with Crippen LogP contribution in [0.5, 0.6) is 0 Å². The van der Waals surface area contributed by atoms with E-state index in [1.165, 1.54) is 12.1 Å². The second-order valence-electron chi connectivity index (χ2n) is 4.22. The molecule has 0 radical (unpaired) electrons. The molecule has 3 atom stereocenters. The predicted octanol–water partition coefficient (Wildman–Crippen LogP) is 2.13. The SMILES string of the molecule is CC1CC1C(NN)c1cc(F)cc(F)c1. The van der Waals surface area contributed by atoms with E-state index in [4.69, 9.17) is 5.84 Å². The van der Waals surface area contributed by atoms with Crippen molar-refractivity contribution in [3.05, 3.63) is 35.4 Å². The Morgan fingerprint density at radius 2 is 1.87 bits per heavy atom. The Labute approximate surface area is 87.4 Å². The summed E-state index contributed by atoms with van der Waals surface area (Å²) in [4.78, 5) is 0. The van der Waals surface area contributed by atoms with Gasteiger partial charge >= 0.3 is 0 Å². The highest BCUT2D eigenvalue weighted by molar-refractivity contribution is 5.23. The number of halogens is 2. The van der Waals surface area contributed by atoms with E-state index in [2.05, 4.69) is 12.3 Å². The molecule has 0 aromatic heterocycles. The highest BCUT2D eigenvalue weighted by Crippen LogP contribution is 2.46. The van der Waals surface area contributed by atoms with Crippen molar-refractivity contribution < 1.29 is 8.78 Å². The first-order valence-corrected chi connectivity index (χ1v) is 5.04. The molecular weight excluding hydrogens is 198 g/mol. The van der Waals surface area contributed by atoms with Gasteiger partial charge in [0.1, 0.15) is 11.6 Å². The van der Waals surface area contributed by atoms with Crippen molar-refractivity contribution in [1.82, 2.24) is 5.43 Å². The van der Waals surface area contributed by atoms with E-state index >= 15 is 0 Å². The average Bonchev–Trinajstić information content (AvgIpc) is 2.82. The van der Waals surface area contributed by atoms with Crippen LogP contribution in [0.1, 0.15) is 24.9 Å². The molecule has 82 valence electrons. The molecule has 1 aromatic rings. The van der Waals surface area contributed by atoms with E-state index < -0.39 is 11.6 Å². The van der Waals surface area contributed by atoms with Crippen LogP contribution in [-0.4, -0.2) is 0 Å². The van der Waals surface area contributed by atoms with Crippen LogP contribution in [0.3, 0.4) is 0 Å². The minimum absolute atomic E-state index is 0.148. The average molecular weight is 212 g/mol. The summed E-state index contributed by atoms with van der Waals surface area (Å²) in [7, 11) is 0. The number of hydrazine groups is 1. The molecule has 0 amide bonds. The summed E-state index contributed by atoms with van der Waals surface area (Å²) in [6.07, 6.45) is 1.05. The van der Waals surface area contributed by atoms with Gasteiger partial charge in [-0.05, 0) is 36.0 Å². The minimum Gasteiger partial charge on any atom is -0.271 e. The lowest BCUT2D eigenvalue weighted by molar-refractivity contribution is 0.468. The van der Waals surface area contributed by atoms with Crippen molar-refractivity contribution in [2.24, 2.45) is 17.7 Å². The Balaban J connectivity index is 2.26. The van der Waals surface area contributed by atoms with Gasteiger partial charge in [0.05, 0.1) is 0 Å². The van der Waals surface area contributed by atoms with E-state index in [0.29, 0.717) is 17.4 Å². The zero-order valence-electron chi connectivity index (χ0n) is 8.50. The first kappa shape index (κ1) is 10.5. The summed E-state index contributed by atoms with van der Waals surface area (Å²) in [6.45, 7) is 2.10. The molecule has 1 aliphatic carbocycles. The first-order valence-electron chi connectivity index (χ1n) is 5.04. The Kier molecular flexibility index (Phi) is 2.71. The Hall–Kier alpha value is -1.00. The van der Waals surface area contributed by atoms with Gasteiger partial charge in [0, 0.05) is 12.1 Å². The van der Waals surface area contributed by atoms with Crippen LogP contribution in [0.25, 0.3) is 0 Å². The third kappa shape index (κ3) is 2.16. The van der Waals surface area contributed by atoms with Crippen LogP contribution >= 0.6 is 0 Å². The third-order valence-corrected chi connectivity index (χ3v) is 3.02. The molecule has 2 nitrogen and oxygen atoms in total. The van der Waals surface area contributed by atoms with Crippen LogP contribution in [0.4, 0.5) is 8.78 Å². The molecule has 2 rings (SSSR count).